The van der Waals surface area contributed by atoms with E-state index in [1.54, 1.807) is 12.1 Å². The average molecular weight is 368 g/mol. The Bertz CT molecular complexity index is 786. The second-order valence-corrected chi connectivity index (χ2v) is 6.28. The van der Waals surface area contributed by atoms with E-state index in [4.69, 9.17) is 4.74 Å². The monoisotopic (exact) mass is 368 g/mol. The topological polar surface area (TPSA) is 82.7 Å². The normalized spacial score (nSPS) is 13.7. The van der Waals surface area contributed by atoms with Gasteiger partial charge < -0.3 is 25.6 Å². The number of rotatable bonds is 6. The van der Waals surface area contributed by atoms with Crippen LogP contribution in [0.1, 0.15) is 6.92 Å². The summed E-state index contributed by atoms with van der Waals surface area (Å²) in [7, 11) is 0. The third-order valence-electron chi connectivity index (χ3n) is 4.19. The molecule has 0 atom stereocenters. The van der Waals surface area contributed by atoms with E-state index in [-0.39, 0.29) is 18.4 Å². The molecule has 0 radical (unpaired) electrons. The standard InChI is InChI=1S/C20H24N4O3/c1-15(25)22-17-8-6-16(7-9-17)21-14-20(26)23-18-4-2-3-5-19(18)24-10-12-27-13-11-24/h2-9,21H,10-14H2,1H3,(H,22,25)(H,23,26). The second-order valence-electron chi connectivity index (χ2n) is 6.28. The third-order valence-corrected chi connectivity index (χ3v) is 4.19. The molecule has 142 valence electrons. The van der Waals surface area contributed by atoms with Crippen molar-refractivity contribution in [1.82, 2.24) is 0 Å². The Morgan fingerprint density at radius 2 is 1.63 bits per heavy atom. The van der Waals surface area contributed by atoms with Gasteiger partial charge in [0.05, 0.1) is 31.1 Å². The van der Waals surface area contributed by atoms with Crippen LogP contribution in [0, 0.1) is 0 Å². The maximum atomic E-state index is 12.4. The Morgan fingerprint density at radius 1 is 0.963 bits per heavy atom. The van der Waals surface area contributed by atoms with Gasteiger partial charge >= 0.3 is 0 Å². The van der Waals surface area contributed by atoms with Gasteiger partial charge in [0.1, 0.15) is 0 Å². The summed E-state index contributed by atoms with van der Waals surface area (Å²) in [6.07, 6.45) is 0. The SMILES string of the molecule is CC(=O)Nc1ccc(NCC(=O)Nc2ccccc2N2CCOCC2)cc1. The molecule has 0 aliphatic carbocycles. The van der Waals surface area contributed by atoms with E-state index in [0.717, 1.165) is 35.8 Å². The van der Waals surface area contributed by atoms with E-state index in [1.165, 1.54) is 6.92 Å². The molecule has 7 nitrogen and oxygen atoms in total. The summed E-state index contributed by atoms with van der Waals surface area (Å²) in [5, 5.41) is 8.77. The van der Waals surface area contributed by atoms with Gasteiger partial charge in [0.25, 0.3) is 0 Å². The number of benzene rings is 2. The molecule has 0 bridgehead atoms. The van der Waals surface area contributed by atoms with Gasteiger partial charge in [-0.25, -0.2) is 0 Å². The van der Waals surface area contributed by atoms with Crippen molar-refractivity contribution in [3.05, 3.63) is 48.5 Å². The highest BCUT2D eigenvalue weighted by atomic mass is 16.5. The molecule has 2 amide bonds. The lowest BCUT2D eigenvalue weighted by atomic mass is 10.2. The fourth-order valence-electron chi connectivity index (χ4n) is 2.91. The van der Waals surface area contributed by atoms with Gasteiger partial charge in [-0.1, -0.05) is 12.1 Å². The third kappa shape index (κ3) is 5.46. The molecule has 1 aliphatic heterocycles. The lowest BCUT2D eigenvalue weighted by Crippen LogP contribution is -2.37. The Morgan fingerprint density at radius 3 is 2.33 bits per heavy atom. The molecule has 0 unspecified atom stereocenters. The van der Waals surface area contributed by atoms with E-state index < -0.39 is 0 Å². The molecule has 1 aliphatic rings. The zero-order valence-electron chi connectivity index (χ0n) is 15.3. The Kier molecular flexibility index (Phi) is 6.27. The molecule has 1 heterocycles. The molecule has 2 aromatic carbocycles. The minimum atomic E-state index is -0.123. The van der Waals surface area contributed by atoms with Crippen molar-refractivity contribution in [2.45, 2.75) is 6.92 Å². The van der Waals surface area contributed by atoms with Crippen LogP contribution in [0.25, 0.3) is 0 Å². The fourth-order valence-corrected chi connectivity index (χ4v) is 2.91. The van der Waals surface area contributed by atoms with Gasteiger partial charge in [-0.3, -0.25) is 9.59 Å². The number of para-hydroxylation sites is 2. The van der Waals surface area contributed by atoms with Crippen molar-refractivity contribution in [2.75, 3.05) is 53.7 Å². The number of ether oxygens (including phenoxy) is 1. The number of nitrogens with zero attached hydrogens (tertiary/aromatic N) is 1. The van der Waals surface area contributed by atoms with Crippen LogP contribution in [0.4, 0.5) is 22.7 Å². The number of hydrogen-bond donors (Lipinski definition) is 3. The minimum absolute atomic E-state index is 0.117. The first-order valence-electron chi connectivity index (χ1n) is 8.95. The van der Waals surface area contributed by atoms with Gasteiger partial charge in [-0.2, -0.15) is 0 Å². The first kappa shape index (κ1) is 18.7. The van der Waals surface area contributed by atoms with E-state index in [9.17, 15) is 9.59 Å². The van der Waals surface area contributed by atoms with E-state index >= 15 is 0 Å². The molecule has 0 spiro atoms. The van der Waals surface area contributed by atoms with Gasteiger partial charge in [0, 0.05) is 31.4 Å². The van der Waals surface area contributed by atoms with Crippen LogP contribution in [-0.2, 0) is 14.3 Å². The summed E-state index contributed by atoms with van der Waals surface area (Å²) in [5.74, 6) is -0.240. The van der Waals surface area contributed by atoms with Crippen LogP contribution in [-0.4, -0.2) is 44.7 Å². The van der Waals surface area contributed by atoms with Crippen molar-refractivity contribution in [3.8, 4) is 0 Å². The number of nitrogens with one attached hydrogen (secondary N) is 3. The molecule has 0 saturated carbocycles. The van der Waals surface area contributed by atoms with E-state index in [2.05, 4.69) is 20.9 Å². The van der Waals surface area contributed by atoms with Gasteiger partial charge in [0.2, 0.25) is 11.8 Å². The Labute approximate surface area is 158 Å². The maximum Gasteiger partial charge on any atom is 0.243 e. The molecule has 1 saturated heterocycles. The van der Waals surface area contributed by atoms with Crippen molar-refractivity contribution < 1.29 is 14.3 Å². The van der Waals surface area contributed by atoms with Gasteiger partial charge in [-0.05, 0) is 36.4 Å². The Hall–Kier alpha value is -3.06. The highest BCUT2D eigenvalue weighted by molar-refractivity contribution is 5.97. The molecular weight excluding hydrogens is 344 g/mol. The second kappa shape index (κ2) is 9.05. The summed E-state index contributed by atoms with van der Waals surface area (Å²) in [5.41, 5.74) is 3.33. The van der Waals surface area contributed by atoms with Crippen LogP contribution < -0.4 is 20.9 Å². The number of carbonyl (C=O) groups excluding carboxylic acids is 2. The van der Waals surface area contributed by atoms with Crippen LogP contribution in [0.2, 0.25) is 0 Å². The Balaban J connectivity index is 1.56. The zero-order valence-corrected chi connectivity index (χ0v) is 15.3. The summed E-state index contributed by atoms with van der Waals surface area (Å²) in [6.45, 7) is 4.62. The predicted molar refractivity (Wildman–Crippen MR) is 107 cm³/mol. The molecular formula is C20H24N4O3. The minimum Gasteiger partial charge on any atom is -0.378 e. The lowest BCUT2D eigenvalue weighted by Gasteiger charge is -2.30. The van der Waals surface area contributed by atoms with E-state index in [1.807, 2.05) is 36.4 Å². The number of anilines is 4. The van der Waals surface area contributed by atoms with Crippen LogP contribution in [0.5, 0.6) is 0 Å². The molecule has 27 heavy (non-hydrogen) atoms. The van der Waals surface area contributed by atoms with Crippen molar-refractivity contribution >= 4 is 34.6 Å². The molecule has 2 aromatic rings. The van der Waals surface area contributed by atoms with Crippen molar-refractivity contribution in [3.63, 3.8) is 0 Å². The molecule has 0 aromatic heterocycles. The molecule has 3 N–H and O–H groups in total. The van der Waals surface area contributed by atoms with Gasteiger partial charge in [-0.15, -0.1) is 0 Å². The summed E-state index contributed by atoms with van der Waals surface area (Å²) < 4.78 is 5.40. The highest BCUT2D eigenvalue weighted by Crippen LogP contribution is 2.26. The first-order chi connectivity index (χ1) is 13.1. The maximum absolute atomic E-state index is 12.4. The van der Waals surface area contributed by atoms with Gasteiger partial charge in [0.15, 0.2) is 0 Å². The van der Waals surface area contributed by atoms with Crippen molar-refractivity contribution in [2.24, 2.45) is 0 Å². The highest BCUT2D eigenvalue weighted by Gasteiger charge is 2.15. The predicted octanol–water partition coefficient (Wildman–Crippen LogP) is 2.53. The number of hydrogen-bond acceptors (Lipinski definition) is 5. The summed E-state index contributed by atoms with van der Waals surface area (Å²) in [6, 6.07) is 15.0. The largest absolute Gasteiger partial charge is 0.378 e. The van der Waals surface area contributed by atoms with Crippen molar-refractivity contribution in [1.29, 1.82) is 0 Å². The fraction of sp³-hybridized carbons (Fsp3) is 0.300. The van der Waals surface area contributed by atoms with Crippen LogP contribution in [0.3, 0.4) is 0 Å². The van der Waals surface area contributed by atoms with Crippen LogP contribution in [0.15, 0.2) is 48.5 Å². The molecule has 7 heteroatoms. The quantitative estimate of drug-likeness (QED) is 0.730. The summed E-state index contributed by atoms with van der Waals surface area (Å²) >= 11 is 0. The van der Waals surface area contributed by atoms with Crippen LogP contribution >= 0.6 is 0 Å². The van der Waals surface area contributed by atoms with E-state index in [0.29, 0.717) is 13.2 Å². The average Bonchev–Trinajstić information content (AvgIpc) is 2.68. The number of morpholine rings is 1. The smallest absolute Gasteiger partial charge is 0.243 e. The first-order valence-corrected chi connectivity index (χ1v) is 8.95. The zero-order chi connectivity index (χ0) is 19.1. The number of amides is 2. The number of carbonyl (C=O) groups is 2. The molecule has 3 rings (SSSR count). The lowest BCUT2D eigenvalue weighted by molar-refractivity contribution is -0.115. The summed E-state index contributed by atoms with van der Waals surface area (Å²) in [4.78, 5) is 25.6. The molecule has 1 fully saturated rings.